The number of hydrogen-bond donors (Lipinski definition) is 1. The van der Waals surface area contributed by atoms with Crippen LogP contribution in [0.4, 0.5) is 5.82 Å². The van der Waals surface area contributed by atoms with Crippen LogP contribution in [0.1, 0.15) is 32.2 Å². The van der Waals surface area contributed by atoms with E-state index in [4.69, 9.17) is 5.73 Å². The molecule has 2 heterocycles. The first kappa shape index (κ1) is 13.9. The van der Waals surface area contributed by atoms with E-state index in [1.165, 1.54) is 0 Å². The average molecular weight is 325 g/mol. The number of nitrogens with two attached hydrogens (primary N) is 1. The second kappa shape index (κ2) is 4.56. The van der Waals surface area contributed by atoms with Gasteiger partial charge in [0.05, 0.1) is 5.69 Å². The van der Waals surface area contributed by atoms with E-state index in [0.29, 0.717) is 16.2 Å². The Morgan fingerprint density at radius 1 is 1.21 bits per heavy atom. The third-order valence-electron chi connectivity index (χ3n) is 2.86. The van der Waals surface area contributed by atoms with Gasteiger partial charge in [0, 0.05) is 18.0 Å². The van der Waals surface area contributed by atoms with E-state index in [2.05, 4.69) is 57.0 Å². The zero-order chi connectivity index (χ0) is 14.4. The lowest BCUT2D eigenvalue weighted by Crippen LogP contribution is -2.18. The third-order valence-corrected chi connectivity index (χ3v) is 3.40. The van der Waals surface area contributed by atoms with Gasteiger partial charge >= 0.3 is 0 Å². The van der Waals surface area contributed by atoms with Crippen molar-refractivity contribution in [2.45, 2.75) is 33.1 Å². The number of nitrogen functional groups attached to an aromatic ring is 1. The van der Waals surface area contributed by atoms with Crippen LogP contribution in [0.15, 0.2) is 4.60 Å². The van der Waals surface area contributed by atoms with E-state index in [-0.39, 0.29) is 5.41 Å². The molecule has 0 aliphatic rings. The summed E-state index contributed by atoms with van der Waals surface area (Å²) >= 11 is 3.39. The van der Waals surface area contributed by atoms with Crippen molar-refractivity contribution in [3.8, 4) is 11.4 Å². The van der Waals surface area contributed by atoms with Gasteiger partial charge in [0.15, 0.2) is 4.60 Å². The van der Waals surface area contributed by atoms with Crippen molar-refractivity contribution in [3.05, 3.63) is 16.0 Å². The van der Waals surface area contributed by atoms with E-state index in [1.807, 2.05) is 14.0 Å². The first-order valence-electron chi connectivity index (χ1n) is 5.92. The molecule has 2 aromatic rings. The SMILES string of the molecule is Cc1c(N)nc(C(C)(C)C)nc1-c1c(Br)nnn1C. The minimum atomic E-state index is -0.172. The Balaban J connectivity index is 2.74. The van der Waals surface area contributed by atoms with Gasteiger partial charge < -0.3 is 5.73 Å². The molecule has 0 atom stereocenters. The Kier molecular flexibility index (Phi) is 3.34. The highest BCUT2D eigenvalue weighted by atomic mass is 79.9. The highest BCUT2D eigenvalue weighted by Gasteiger charge is 2.23. The van der Waals surface area contributed by atoms with Crippen molar-refractivity contribution in [1.29, 1.82) is 0 Å². The molecule has 2 aromatic heterocycles. The molecule has 0 aliphatic heterocycles. The van der Waals surface area contributed by atoms with Crippen LogP contribution in [-0.4, -0.2) is 25.0 Å². The topological polar surface area (TPSA) is 82.5 Å². The van der Waals surface area contributed by atoms with Crippen LogP contribution in [-0.2, 0) is 12.5 Å². The molecule has 0 bridgehead atoms. The Morgan fingerprint density at radius 2 is 1.84 bits per heavy atom. The molecule has 0 saturated carbocycles. The Labute approximate surface area is 120 Å². The second-order valence-electron chi connectivity index (χ2n) is 5.51. The first-order valence-corrected chi connectivity index (χ1v) is 6.71. The quantitative estimate of drug-likeness (QED) is 0.869. The lowest BCUT2D eigenvalue weighted by Gasteiger charge is -2.19. The maximum Gasteiger partial charge on any atom is 0.157 e. The van der Waals surface area contributed by atoms with E-state index in [9.17, 15) is 0 Å². The van der Waals surface area contributed by atoms with Gasteiger partial charge in [-0.2, -0.15) is 0 Å². The molecule has 0 saturated heterocycles. The fourth-order valence-corrected chi connectivity index (χ4v) is 2.20. The van der Waals surface area contributed by atoms with Crippen molar-refractivity contribution >= 4 is 21.7 Å². The molecule has 7 heteroatoms. The summed E-state index contributed by atoms with van der Waals surface area (Å²) in [6.45, 7) is 8.06. The van der Waals surface area contributed by atoms with Crippen molar-refractivity contribution < 1.29 is 0 Å². The highest BCUT2D eigenvalue weighted by Crippen LogP contribution is 2.31. The van der Waals surface area contributed by atoms with Crippen molar-refractivity contribution in [2.75, 3.05) is 5.73 Å². The van der Waals surface area contributed by atoms with E-state index >= 15 is 0 Å². The number of nitrogens with zero attached hydrogens (tertiary/aromatic N) is 5. The normalized spacial score (nSPS) is 11.9. The number of hydrogen-bond acceptors (Lipinski definition) is 5. The van der Waals surface area contributed by atoms with E-state index in [1.54, 1.807) is 4.68 Å². The summed E-state index contributed by atoms with van der Waals surface area (Å²) in [6, 6.07) is 0. The molecular weight excluding hydrogens is 308 g/mol. The molecule has 2 rings (SSSR count). The van der Waals surface area contributed by atoms with Gasteiger partial charge in [-0.05, 0) is 22.9 Å². The summed E-state index contributed by atoms with van der Waals surface area (Å²) in [7, 11) is 1.82. The van der Waals surface area contributed by atoms with Crippen LogP contribution < -0.4 is 5.73 Å². The Hall–Kier alpha value is -1.50. The van der Waals surface area contributed by atoms with E-state index < -0.39 is 0 Å². The zero-order valence-electron chi connectivity index (χ0n) is 11.7. The molecule has 2 N–H and O–H groups in total. The zero-order valence-corrected chi connectivity index (χ0v) is 13.3. The summed E-state index contributed by atoms with van der Waals surface area (Å²) in [5.74, 6) is 1.20. The fourth-order valence-electron chi connectivity index (χ4n) is 1.68. The summed E-state index contributed by atoms with van der Waals surface area (Å²) in [5.41, 5.74) is 8.23. The molecule has 0 fully saturated rings. The molecule has 0 aromatic carbocycles. The van der Waals surface area contributed by atoms with Crippen LogP contribution in [0.25, 0.3) is 11.4 Å². The largest absolute Gasteiger partial charge is 0.383 e. The van der Waals surface area contributed by atoms with Gasteiger partial charge in [-0.25, -0.2) is 14.6 Å². The van der Waals surface area contributed by atoms with Crippen LogP contribution in [0.5, 0.6) is 0 Å². The molecule has 19 heavy (non-hydrogen) atoms. The predicted octanol–water partition coefficient (Wildman–Crippen LogP) is 2.22. The maximum absolute atomic E-state index is 6.01. The van der Waals surface area contributed by atoms with Gasteiger partial charge in [-0.1, -0.05) is 26.0 Å². The summed E-state index contributed by atoms with van der Waals surface area (Å²) in [5, 5.41) is 7.96. The summed E-state index contributed by atoms with van der Waals surface area (Å²) < 4.78 is 2.32. The van der Waals surface area contributed by atoms with Crippen molar-refractivity contribution in [3.63, 3.8) is 0 Å². The smallest absolute Gasteiger partial charge is 0.157 e. The molecule has 0 aliphatic carbocycles. The van der Waals surface area contributed by atoms with Crippen LogP contribution >= 0.6 is 15.9 Å². The molecule has 102 valence electrons. The molecule has 0 spiro atoms. The monoisotopic (exact) mass is 324 g/mol. The summed E-state index contributed by atoms with van der Waals surface area (Å²) in [4.78, 5) is 9.02. The molecular formula is C12H17BrN6. The van der Waals surface area contributed by atoms with Gasteiger partial charge in [-0.15, -0.1) is 5.10 Å². The van der Waals surface area contributed by atoms with E-state index in [0.717, 1.165) is 17.0 Å². The van der Waals surface area contributed by atoms with Gasteiger partial charge in [0.25, 0.3) is 0 Å². The van der Waals surface area contributed by atoms with Crippen molar-refractivity contribution in [2.24, 2.45) is 7.05 Å². The number of halogens is 1. The number of rotatable bonds is 1. The maximum atomic E-state index is 6.01. The minimum Gasteiger partial charge on any atom is -0.383 e. The lowest BCUT2D eigenvalue weighted by molar-refractivity contribution is 0.546. The standard InChI is InChI=1S/C12H17BrN6/c1-6-7(8-9(13)17-18-19(8)5)15-11(12(2,3)4)16-10(6)14/h1-5H3,(H2,14,15,16). The predicted molar refractivity (Wildman–Crippen MR) is 77.6 cm³/mol. The fraction of sp³-hybridized carbons (Fsp3) is 0.500. The Morgan fingerprint density at radius 3 is 2.32 bits per heavy atom. The third kappa shape index (κ3) is 2.47. The molecule has 0 radical (unpaired) electrons. The highest BCUT2D eigenvalue weighted by molar-refractivity contribution is 9.10. The minimum absolute atomic E-state index is 0.172. The molecule has 6 nitrogen and oxygen atoms in total. The number of anilines is 1. The van der Waals surface area contributed by atoms with Crippen molar-refractivity contribution in [1.82, 2.24) is 25.0 Å². The van der Waals surface area contributed by atoms with Gasteiger partial charge in [0.2, 0.25) is 0 Å². The van der Waals surface area contributed by atoms with Crippen LogP contribution in [0, 0.1) is 6.92 Å². The molecule has 0 amide bonds. The van der Waals surface area contributed by atoms with Gasteiger partial charge in [0.1, 0.15) is 17.3 Å². The second-order valence-corrected chi connectivity index (χ2v) is 6.26. The van der Waals surface area contributed by atoms with Gasteiger partial charge in [-0.3, -0.25) is 0 Å². The lowest BCUT2D eigenvalue weighted by atomic mass is 9.95. The first-order chi connectivity index (χ1) is 8.71. The summed E-state index contributed by atoms with van der Waals surface area (Å²) in [6.07, 6.45) is 0. The number of aryl methyl sites for hydroxylation is 1. The molecule has 0 unspecified atom stereocenters. The van der Waals surface area contributed by atoms with Crippen LogP contribution in [0.3, 0.4) is 0 Å². The Bertz CT molecular complexity index is 606. The average Bonchev–Trinajstić information content (AvgIpc) is 2.61. The number of aromatic nitrogens is 5. The van der Waals surface area contributed by atoms with Crippen LogP contribution in [0.2, 0.25) is 0 Å².